The molecule has 0 radical (unpaired) electrons. The van der Waals surface area contributed by atoms with E-state index in [2.05, 4.69) is 6.92 Å². The van der Waals surface area contributed by atoms with Crippen LogP contribution in [0.4, 0.5) is 0 Å². The number of methoxy groups -OCH3 is 1. The summed E-state index contributed by atoms with van der Waals surface area (Å²) in [5.74, 6) is 4.26. The van der Waals surface area contributed by atoms with Crippen molar-refractivity contribution in [2.24, 2.45) is 5.92 Å². The lowest BCUT2D eigenvalue weighted by Gasteiger charge is -2.12. The third-order valence-electron chi connectivity index (χ3n) is 5.06. The summed E-state index contributed by atoms with van der Waals surface area (Å²) in [7, 11) is 3.37. The summed E-state index contributed by atoms with van der Waals surface area (Å²) < 4.78 is 17.0. The Morgan fingerprint density at radius 2 is 2.11 bits per heavy atom. The molecule has 2 heterocycles. The molecule has 3 aromatic rings. The highest BCUT2D eigenvalue weighted by Gasteiger charge is 2.36. The van der Waals surface area contributed by atoms with Crippen molar-refractivity contribution in [1.82, 2.24) is 4.90 Å². The van der Waals surface area contributed by atoms with Crippen LogP contribution in [0.5, 0.6) is 5.75 Å². The van der Waals surface area contributed by atoms with Crippen LogP contribution < -0.4 is 4.74 Å². The van der Waals surface area contributed by atoms with Gasteiger partial charge in [-0.3, -0.25) is 4.79 Å². The molecule has 5 heteroatoms. The molecule has 0 unspecified atom stereocenters. The molecule has 0 spiro atoms. The van der Waals surface area contributed by atoms with Gasteiger partial charge in [0.05, 0.1) is 13.7 Å². The maximum Gasteiger partial charge on any atom is 0.246 e. The fraction of sp³-hybridized carbons (Fsp3) is 0.318. The third-order valence-corrected chi connectivity index (χ3v) is 5.06. The van der Waals surface area contributed by atoms with Gasteiger partial charge in [0.2, 0.25) is 5.91 Å². The average Bonchev–Trinajstić information content (AvgIpc) is 3.07. The number of carbonyl (C=O) groups is 1. The van der Waals surface area contributed by atoms with Crippen molar-refractivity contribution in [2.45, 2.75) is 25.8 Å². The molecular weight excluding hydrogens is 342 g/mol. The lowest BCUT2D eigenvalue weighted by atomic mass is 10.2. The summed E-state index contributed by atoms with van der Waals surface area (Å²) in [5.41, 5.74) is 0.679. The fourth-order valence-corrected chi connectivity index (χ4v) is 3.29. The SMILES string of the molecule is COc1cccc2cc(/C=C/C(=O)N(C)Cc3ccc([C@@H]4C[C@@H]4C)o3)oc12. The Hall–Kier alpha value is -2.95. The predicted molar refractivity (Wildman–Crippen MR) is 104 cm³/mol. The van der Waals surface area contributed by atoms with Crippen LogP contribution in [-0.4, -0.2) is 25.0 Å². The van der Waals surface area contributed by atoms with Gasteiger partial charge in [0.25, 0.3) is 0 Å². The van der Waals surface area contributed by atoms with E-state index in [1.165, 1.54) is 12.5 Å². The molecule has 1 aliphatic carbocycles. The van der Waals surface area contributed by atoms with Gasteiger partial charge in [0.1, 0.15) is 17.3 Å². The van der Waals surface area contributed by atoms with Crippen LogP contribution in [0.1, 0.15) is 36.5 Å². The Morgan fingerprint density at radius 1 is 1.30 bits per heavy atom. The highest BCUT2D eigenvalue weighted by molar-refractivity contribution is 5.92. The van der Waals surface area contributed by atoms with Crippen molar-refractivity contribution in [3.05, 3.63) is 59.8 Å². The van der Waals surface area contributed by atoms with Gasteiger partial charge in [-0.15, -0.1) is 0 Å². The van der Waals surface area contributed by atoms with Crippen LogP contribution in [0, 0.1) is 5.92 Å². The van der Waals surface area contributed by atoms with Gasteiger partial charge in [0.15, 0.2) is 11.3 Å². The molecule has 1 amide bonds. The quantitative estimate of drug-likeness (QED) is 0.587. The van der Waals surface area contributed by atoms with Crippen molar-refractivity contribution in [3.63, 3.8) is 0 Å². The highest BCUT2D eigenvalue weighted by atomic mass is 16.5. The largest absolute Gasteiger partial charge is 0.493 e. The molecule has 5 nitrogen and oxygen atoms in total. The number of hydrogen-bond acceptors (Lipinski definition) is 4. The zero-order valence-corrected chi connectivity index (χ0v) is 15.8. The van der Waals surface area contributed by atoms with Gasteiger partial charge >= 0.3 is 0 Å². The number of furan rings is 2. The van der Waals surface area contributed by atoms with Crippen molar-refractivity contribution in [1.29, 1.82) is 0 Å². The molecule has 2 aromatic heterocycles. The van der Waals surface area contributed by atoms with Crippen molar-refractivity contribution < 1.29 is 18.4 Å². The second-order valence-corrected chi connectivity index (χ2v) is 7.18. The topological polar surface area (TPSA) is 55.8 Å². The van der Waals surface area contributed by atoms with Gasteiger partial charge in [0, 0.05) is 24.4 Å². The zero-order valence-electron chi connectivity index (χ0n) is 15.8. The van der Waals surface area contributed by atoms with Crippen molar-refractivity contribution in [3.8, 4) is 5.75 Å². The molecule has 1 fully saturated rings. The molecule has 2 atom stereocenters. The molecule has 0 N–H and O–H groups in total. The maximum absolute atomic E-state index is 12.4. The van der Waals surface area contributed by atoms with E-state index in [4.69, 9.17) is 13.6 Å². The number of likely N-dealkylation sites (N-methyl/N-ethyl adjacent to an activating group) is 1. The molecule has 1 aliphatic rings. The predicted octanol–water partition coefficient (Wildman–Crippen LogP) is 4.83. The van der Waals surface area contributed by atoms with E-state index < -0.39 is 0 Å². The minimum Gasteiger partial charge on any atom is -0.493 e. The average molecular weight is 365 g/mol. The van der Waals surface area contributed by atoms with Crippen LogP contribution in [0.2, 0.25) is 0 Å². The van der Waals surface area contributed by atoms with Crippen LogP contribution in [-0.2, 0) is 11.3 Å². The van der Waals surface area contributed by atoms with E-state index in [0.29, 0.717) is 35.5 Å². The summed E-state index contributed by atoms with van der Waals surface area (Å²) in [5, 5.41) is 0.937. The first-order chi connectivity index (χ1) is 13.0. The van der Waals surface area contributed by atoms with Crippen molar-refractivity contribution in [2.75, 3.05) is 14.2 Å². The third kappa shape index (κ3) is 3.63. The number of benzene rings is 1. The monoisotopic (exact) mass is 365 g/mol. The van der Waals surface area contributed by atoms with E-state index in [1.807, 2.05) is 36.4 Å². The molecule has 140 valence electrons. The number of hydrogen-bond donors (Lipinski definition) is 0. The highest BCUT2D eigenvalue weighted by Crippen LogP contribution is 2.47. The standard InChI is InChI=1S/C22H23NO4/c1-14-11-18(14)19-9-7-17(26-19)13-23(2)21(24)10-8-16-12-15-5-4-6-20(25-3)22(15)27-16/h4-10,12,14,18H,11,13H2,1-3H3/b10-8+/t14-,18+/m0/s1. The minimum absolute atomic E-state index is 0.111. The van der Waals surface area contributed by atoms with E-state index in [9.17, 15) is 4.79 Å². The molecular formula is C22H23NO4. The molecule has 1 saturated carbocycles. The number of carbonyl (C=O) groups excluding carboxylic acids is 1. The number of nitrogens with zero attached hydrogens (tertiary/aromatic N) is 1. The summed E-state index contributed by atoms with van der Waals surface area (Å²) in [6.45, 7) is 2.67. The number of fused-ring (bicyclic) bond motifs is 1. The number of para-hydroxylation sites is 1. The van der Waals surface area contributed by atoms with Gasteiger partial charge in [-0.1, -0.05) is 19.1 Å². The first kappa shape index (κ1) is 17.5. The Morgan fingerprint density at radius 3 is 2.85 bits per heavy atom. The summed E-state index contributed by atoms with van der Waals surface area (Å²) in [6.07, 6.45) is 4.38. The Balaban J connectivity index is 1.41. The lowest BCUT2D eigenvalue weighted by molar-refractivity contribution is -0.125. The van der Waals surface area contributed by atoms with Gasteiger partial charge < -0.3 is 18.5 Å². The molecule has 4 rings (SSSR count). The molecule has 27 heavy (non-hydrogen) atoms. The number of rotatable bonds is 6. The van der Waals surface area contributed by atoms with Gasteiger partial charge in [-0.2, -0.15) is 0 Å². The Kier molecular flexibility index (Phi) is 4.52. The normalized spacial score (nSPS) is 18.9. The zero-order chi connectivity index (χ0) is 19.0. The van der Waals surface area contributed by atoms with Crippen LogP contribution in [0.3, 0.4) is 0 Å². The first-order valence-electron chi connectivity index (χ1n) is 9.13. The summed E-state index contributed by atoms with van der Waals surface area (Å²) >= 11 is 0. The van der Waals surface area contributed by atoms with Crippen LogP contribution in [0.25, 0.3) is 17.0 Å². The van der Waals surface area contributed by atoms with Crippen molar-refractivity contribution >= 4 is 23.0 Å². The second kappa shape index (κ2) is 6.99. The first-order valence-corrected chi connectivity index (χ1v) is 9.13. The van der Waals surface area contributed by atoms with Gasteiger partial charge in [-0.05, 0) is 42.7 Å². The molecule has 0 saturated heterocycles. The summed E-state index contributed by atoms with van der Waals surface area (Å²) in [4.78, 5) is 14.0. The maximum atomic E-state index is 12.4. The van der Waals surface area contributed by atoms with E-state index in [0.717, 1.165) is 16.9 Å². The molecule has 1 aromatic carbocycles. The van der Waals surface area contributed by atoms with Gasteiger partial charge in [-0.25, -0.2) is 0 Å². The lowest BCUT2D eigenvalue weighted by Crippen LogP contribution is -2.23. The fourth-order valence-electron chi connectivity index (χ4n) is 3.29. The van der Waals surface area contributed by atoms with E-state index >= 15 is 0 Å². The Labute approximate surface area is 158 Å². The van der Waals surface area contributed by atoms with E-state index in [-0.39, 0.29) is 5.91 Å². The van der Waals surface area contributed by atoms with Crippen LogP contribution >= 0.6 is 0 Å². The number of amides is 1. The van der Waals surface area contributed by atoms with E-state index in [1.54, 1.807) is 25.1 Å². The Bertz CT molecular complexity index is 997. The molecule has 0 aliphatic heterocycles. The number of ether oxygens (including phenoxy) is 1. The second-order valence-electron chi connectivity index (χ2n) is 7.18. The van der Waals surface area contributed by atoms with Crippen LogP contribution in [0.15, 0.2) is 51.3 Å². The minimum atomic E-state index is -0.111. The molecule has 0 bridgehead atoms. The smallest absolute Gasteiger partial charge is 0.246 e. The summed E-state index contributed by atoms with van der Waals surface area (Å²) in [6, 6.07) is 11.6.